The highest BCUT2D eigenvalue weighted by molar-refractivity contribution is 5.53. The van der Waals surface area contributed by atoms with Crippen molar-refractivity contribution >= 4 is 6.08 Å². The molecule has 0 bridgehead atoms. The minimum absolute atomic E-state index is 1.18. The van der Waals surface area contributed by atoms with Crippen molar-refractivity contribution in [2.45, 2.75) is 13.8 Å². The van der Waals surface area contributed by atoms with Crippen LogP contribution in [0.2, 0.25) is 0 Å². The molecule has 0 atom stereocenters. The largest absolute Gasteiger partial charge is 0.264 e. The molecule has 62 valence electrons. The Bertz CT molecular complexity index is 298. The highest BCUT2D eigenvalue weighted by atomic mass is 14.6. The van der Waals surface area contributed by atoms with Crippen molar-refractivity contribution < 1.29 is 0 Å². The molecule has 0 radical (unpaired) electrons. The fourth-order valence-electron chi connectivity index (χ4n) is 0.921. The molecular weight excluding hydrogens is 146 g/mol. The lowest BCUT2D eigenvalue weighted by Crippen LogP contribution is -1.80. The Kier molecular flexibility index (Phi) is 3.27. The number of aryl methyl sites for hydroxylation is 1. The van der Waals surface area contributed by atoms with Crippen LogP contribution in [0.15, 0.2) is 36.7 Å². The Morgan fingerprint density at radius 1 is 1.33 bits per heavy atom. The van der Waals surface area contributed by atoms with Gasteiger partial charge in [-0.15, -0.1) is 0 Å². The van der Waals surface area contributed by atoms with Crippen molar-refractivity contribution in [2.75, 3.05) is 0 Å². The molecule has 1 aromatic heterocycles. The summed E-state index contributed by atoms with van der Waals surface area (Å²) in [5.41, 5.74) is 2.43. The van der Waals surface area contributed by atoms with Crippen LogP contribution in [-0.4, -0.2) is 4.98 Å². The van der Waals surface area contributed by atoms with Gasteiger partial charge < -0.3 is 0 Å². The molecule has 0 aliphatic carbocycles. The molecule has 1 heteroatoms. The molecular formula is C11H13N. The van der Waals surface area contributed by atoms with E-state index >= 15 is 0 Å². The molecule has 1 rings (SSSR count). The summed E-state index contributed by atoms with van der Waals surface area (Å²) in [6.07, 6.45) is 11.8. The molecule has 0 amide bonds. The highest BCUT2D eigenvalue weighted by Crippen LogP contribution is 2.06. The number of rotatable bonds is 2. The second-order valence-corrected chi connectivity index (χ2v) is 2.62. The Morgan fingerprint density at radius 2 is 2.17 bits per heavy atom. The Labute approximate surface area is 73.5 Å². The summed E-state index contributed by atoms with van der Waals surface area (Å²) in [5.74, 6) is 0. The molecule has 0 spiro atoms. The molecule has 0 aliphatic rings. The van der Waals surface area contributed by atoms with Gasteiger partial charge in [-0.1, -0.05) is 24.3 Å². The molecule has 0 saturated heterocycles. The second-order valence-electron chi connectivity index (χ2n) is 2.62. The minimum Gasteiger partial charge on any atom is -0.264 e. The number of hydrogen-bond acceptors (Lipinski definition) is 1. The molecule has 0 fully saturated rings. The maximum atomic E-state index is 4.05. The van der Waals surface area contributed by atoms with E-state index in [4.69, 9.17) is 0 Å². The molecule has 1 aromatic rings. The Hall–Kier alpha value is -1.37. The van der Waals surface area contributed by atoms with Crippen LogP contribution in [0.4, 0.5) is 0 Å². The van der Waals surface area contributed by atoms with Crippen molar-refractivity contribution in [2.24, 2.45) is 0 Å². The van der Waals surface area contributed by atoms with Gasteiger partial charge in [-0.2, -0.15) is 0 Å². The van der Waals surface area contributed by atoms with E-state index in [2.05, 4.69) is 18.0 Å². The first-order valence-corrected chi connectivity index (χ1v) is 4.04. The minimum atomic E-state index is 1.18. The number of aromatic nitrogens is 1. The van der Waals surface area contributed by atoms with E-state index < -0.39 is 0 Å². The van der Waals surface area contributed by atoms with Gasteiger partial charge in [-0.05, 0) is 31.0 Å². The van der Waals surface area contributed by atoms with Gasteiger partial charge in [0.15, 0.2) is 0 Å². The number of hydrogen-bond donors (Lipinski definition) is 0. The topological polar surface area (TPSA) is 12.9 Å². The first kappa shape index (κ1) is 8.72. The third-order valence-electron chi connectivity index (χ3n) is 1.66. The van der Waals surface area contributed by atoms with Gasteiger partial charge in [0.2, 0.25) is 0 Å². The fourth-order valence-corrected chi connectivity index (χ4v) is 0.921. The molecule has 1 heterocycles. The zero-order chi connectivity index (χ0) is 8.81. The number of pyridine rings is 1. The Morgan fingerprint density at radius 3 is 2.83 bits per heavy atom. The van der Waals surface area contributed by atoms with E-state index in [0.717, 1.165) is 0 Å². The summed E-state index contributed by atoms with van der Waals surface area (Å²) in [6.45, 7) is 4.08. The van der Waals surface area contributed by atoms with Crippen molar-refractivity contribution in [3.05, 3.63) is 47.8 Å². The van der Waals surface area contributed by atoms with Crippen LogP contribution in [0.1, 0.15) is 18.1 Å². The van der Waals surface area contributed by atoms with Crippen molar-refractivity contribution in [1.29, 1.82) is 0 Å². The summed E-state index contributed by atoms with van der Waals surface area (Å²) in [7, 11) is 0. The Balaban J connectivity index is 2.82. The lowest BCUT2D eigenvalue weighted by Gasteiger charge is -1.95. The average molecular weight is 159 g/mol. The van der Waals surface area contributed by atoms with Crippen molar-refractivity contribution in [3.8, 4) is 0 Å². The van der Waals surface area contributed by atoms with E-state index in [1.54, 1.807) is 0 Å². The smallest absolute Gasteiger partial charge is 0.0342 e. The summed E-state index contributed by atoms with van der Waals surface area (Å²) in [5, 5.41) is 0. The zero-order valence-electron chi connectivity index (χ0n) is 7.49. The van der Waals surface area contributed by atoms with Crippen LogP contribution >= 0.6 is 0 Å². The average Bonchev–Trinajstić information content (AvgIpc) is 2.09. The molecule has 12 heavy (non-hydrogen) atoms. The predicted octanol–water partition coefficient (Wildman–Crippen LogP) is 2.98. The van der Waals surface area contributed by atoms with Crippen LogP contribution in [0.25, 0.3) is 6.08 Å². The van der Waals surface area contributed by atoms with Crippen LogP contribution in [0.3, 0.4) is 0 Å². The van der Waals surface area contributed by atoms with E-state index in [0.29, 0.717) is 0 Å². The van der Waals surface area contributed by atoms with Gasteiger partial charge in [-0.3, -0.25) is 4.98 Å². The van der Waals surface area contributed by atoms with Gasteiger partial charge in [0.25, 0.3) is 0 Å². The van der Waals surface area contributed by atoms with Crippen LogP contribution in [0.5, 0.6) is 0 Å². The predicted molar refractivity (Wildman–Crippen MR) is 52.8 cm³/mol. The third-order valence-corrected chi connectivity index (χ3v) is 1.66. The van der Waals surface area contributed by atoms with E-state index in [1.807, 2.05) is 43.6 Å². The van der Waals surface area contributed by atoms with E-state index in [1.165, 1.54) is 11.1 Å². The first-order valence-electron chi connectivity index (χ1n) is 4.04. The normalized spacial score (nSPS) is 11.5. The molecule has 0 aromatic carbocycles. The number of allylic oxidation sites excluding steroid dienone is 3. The third kappa shape index (κ3) is 2.35. The maximum Gasteiger partial charge on any atom is 0.0342 e. The molecule has 1 nitrogen and oxygen atoms in total. The summed E-state index contributed by atoms with van der Waals surface area (Å²) in [6, 6.07) is 2.01. The first-order chi connectivity index (χ1) is 5.84. The molecule has 0 unspecified atom stereocenters. The van der Waals surface area contributed by atoms with Crippen molar-refractivity contribution in [1.82, 2.24) is 4.98 Å². The lowest BCUT2D eigenvalue weighted by atomic mass is 10.1. The summed E-state index contributed by atoms with van der Waals surface area (Å²) >= 11 is 0. The summed E-state index contributed by atoms with van der Waals surface area (Å²) < 4.78 is 0. The van der Waals surface area contributed by atoms with Gasteiger partial charge >= 0.3 is 0 Å². The maximum absolute atomic E-state index is 4.05. The number of nitrogens with zero attached hydrogens (tertiary/aromatic N) is 1. The molecule has 0 N–H and O–H groups in total. The molecule has 0 saturated carbocycles. The molecule has 0 aliphatic heterocycles. The highest BCUT2D eigenvalue weighted by Gasteiger charge is 1.89. The lowest BCUT2D eigenvalue weighted by molar-refractivity contribution is 1.27. The standard InChI is InChI=1S/C11H13N/c1-3-4-5-6-11-9-12-8-7-10(11)2/h3-9H,1-2H3/b4-3+,6-5-. The quantitative estimate of drug-likeness (QED) is 0.604. The van der Waals surface area contributed by atoms with E-state index in [9.17, 15) is 0 Å². The van der Waals surface area contributed by atoms with Gasteiger partial charge in [0.1, 0.15) is 0 Å². The zero-order valence-corrected chi connectivity index (χ0v) is 7.49. The van der Waals surface area contributed by atoms with E-state index in [-0.39, 0.29) is 0 Å². The second kappa shape index (κ2) is 4.50. The van der Waals surface area contributed by atoms with Crippen LogP contribution < -0.4 is 0 Å². The summed E-state index contributed by atoms with van der Waals surface area (Å²) in [4.78, 5) is 4.05. The van der Waals surface area contributed by atoms with Crippen LogP contribution in [-0.2, 0) is 0 Å². The monoisotopic (exact) mass is 159 g/mol. The van der Waals surface area contributed by atoms with Crippen LogP contribution in [0, 0.1) is 6.92 Å². The van der Waals surface area contributed by atoms with Gasteiger partial charge in [0, 0.05) is 12.4 Å². The van der Waals surface area contributed by atoms with Gasteiger partial charge in [-0.25, -0.2) is 0 Å². The fraction of sp³-hybridized carbons (Fsp3) is 0.182. The SMILES string of the molecule is C/C=C/C=C\c1cnccc1C. The van der Waals surface area contributed by atoms with Crippen molar-refractivity contribution in [3.63, 3.8) is 0 Å². The van der Waals surface area contributed by atoms with Gasteiger partial charge in [0.05, 0.1) is 0 Å².